The Hall–Kier alpha value is -2.64. The quantitative estimate of drug-likeness (QED) is 0.842. The standard InChI is InChI=1S/C16H13F5N2O/c1-23(2)13-7-6-9(16(19,20)21)8-12(13)22-15(24)14-10(17)4-3-5-11(14)18/h3-8H,1-2H3,(H,22,24). The smallest absolute Gasteiger partial charge is 0.376 e. The lowest BCUT2D eigenvalue weighted by Gasteiger charge is -2.20. The zero-order chi connectivity index (χ0) is 18.1. The molecule has 0 unspecified atom stereocenters. The summed E-state index contributed by atoms with van der Waals surface area (Å²) in [6.45, 7) is 0. The average Bonchev–Trinajstić information content (AvgIpc) is 2.45. The number of rotatable bonds is 3. The van der Waals surface area contributed by atoms with E-state index in [9.17, 15) is 26.7 Å². The maximum absolute atomic E-state index is 13.6. The third kappa shape index (κ3) is 3.64. The van der Waals surface area contributed by atoms with Gasteiger partial charge in [-0.2, -0.15) is 13.2 Å². The van der Waals surface area contributed by atoms with E-state index in [1.165, 1.54) is 4.90 Å². The van der Waals surface area contributed by atoms with E-state index in [1.807, 2.05) is 0 Å². The highest BCUT2D eigenvalue weighted by Crippen LogP contribution is 2.35. The van der Waals surface area contributed by atoms with Crippen molar-refractivity contribution in [1.29, 1.82) is 0 Å². The predicted octanol–water partition coefficient (Wildman–Crippen LogP) is 4.30. The third-order valence-corrected chi connectivity index (χ3v) is 3.24. The highest BCUT2D eigenvalue weighted by molar-refractivity contribution is 6.06. The van der Waals surface area contributed by atoms with Crippen molar-refractivity contribution >= 4 is 17.3 Å². The summed E-state index contributed by atoms with van der Waals surface area (Å²) in [7, 11) is 3.11. The Morgan fingerprint density at radius 1 is 1.04 bits per heavy atom. The summed E-state index contributed by atoms with van der Waals surface area (Å²) in [6.07, 6.45) is -4.62. The molecule has 0 heterocycles. The van der Waals surface area contributed by atoms with E-state index in [0.29, 0.717) is 6.07 Å². The number of nitrogens with one attached hydrogen (secondary N) is 1. The molecule has 2 aromatic rings. The Balaban J connectivity index is 2.45. The maximum atomic E-state index is 13.6. The maximum Gasteiger partial charge on any atom is 0.416 e. The minimum absolute atomic E-state index is 0.206. The van der Waals surface area contributed by atoms with Gasteiger partial charge in [0, 0.05) is 14.1 Å². The molecule has 1 amide bonds. The number of hydrogen-bond acceptors (Lipinski definition) is 2. The Morgan fingerprint density at radius 2 is 1.62 bits per heavy atom. The van der Waals surface area contributed by atoms with Crippen molar-refractivity contribution in [3.8, 4) is 0 Å². The van der Waals surface area contributed by atoms with Gasteiger partial charge in [0.25, 0.3) is 5.91 Å². The molecule has 3 nitrogen and oxygen atoms in total. The van der Waals surface area contributed by atoms with E-state index in [0.717, 1.165) is 30.3 Å². The van der Waals surface area contributed by atoms with Crippen molar-refractivity contribution in [1.82, 2.24) is 0 Å². The van der Waals surface area contributed by atoms with Crippen LogP contribution >= 0.6 is 0 Å². The van der Waals surface area contributed by atoms with Crippen LogP contribution in [0.15, 0.2) is 36.4 Å². The Morgan fingerprint density at radius 3 is 2.12 bits per heavy atom. The van der Waals surface area contributed by atoms with Crippen LogP contribution in [0.5, 0.6) is 0 Å². The van der Waals surface area contributed by atoms with E-state index < -0.39 is 34.8 Å². The van der Waals surface area contributed by atoms with Crippen LogP contribution in [0, 0.1) is 11.6 Å². The molecular formula is C16H13F5N2O. The molecule has 0 aliphatic heterocycles. The molecule has 0 aliphatic rings. The molecule has 0 bridgehead atoms. The van der Waals surface area contributed by atoms with Crippen LogP contribution in [0.1, 0.15) is 15.9 Å². The van der Waals surface area contributed by atoms with Gasteiger partial charge in [-0.15, -0.1) is 0 Å². The molecule has 128 valence electrons. The Kier molecular flexibility index (Phi) is 4.77. The molecular weight excluding hydrogens is 331 g/mol. The molecule has 0 saturated carbocycles. The number of carbonyl (C=O) groups excluding carboxylic acids is 1. The van der Waals surface area contributed by atoms with E-state index in [1.54, 1.807) is 14.1 Å². The predicted molar refractivity (Wildman–Crippen MR) is 80.1 cm³/mol. The normalized spacial score (nSPS) is 11.3. The summed E-state index contributed by atoms with van der Waals surface area (Å²) in [6, 6.07) is 5.59. The fourth-order valence-electron chi connectivity index (χ4n) is 2.10. The van der Waals surface area contributed by atoms with Gasteiger partial charge in [0.1, 0.15) is 17.2 Å². The number of nitrogens with zero attached hydrogens (tertiary/aromatic N) is 1. The van der Waals surface area contributed by atoms with Crippen LogP contribution in [0.2, 0.25) is 0 Å². The SMILES string of the molecule is CN(C)c1ccc(C(F)(F)F)cc1NC(=O)c1c(F)cccc1F. The van der Waals surface area contributed by atoms with Crippen molar-refractivity contribution in [3.63, 3.8) is 0 Å². The second kappa shape index (κ2) is 6.46. The summed E-state index contributed by atoms with van der Waals surface area (Å²) < 4.78 is 65.8. The average molecular weight is 344 g/mol. The number of amides is 1. The van der Waals surface area contributed by atoms with Crippen LogP contribution < -0.4 is 10.2 Å². The first-order valence-electron chi connectivity index (χ1n) is 6.75. The van der Waals surface area contributed by atoms with Crippen molar-refractivity contribution < 1.29 is 26.7 Å². The summed E-state index contributed by atoms with van der Waals surface area (Å²) in [4.78, 5) is 13.6. The summed E-state index contributed by atoms with van der Waals surface area (Å²) >= 11 is 0. The van der Waals surface area contributed by atoms with Crippen LogP contribution in [0.3, 0.4) is 0 Å². The molecule has 2 aromatic carbocycles. The van der Waals surface area contributed by atoms with Gasteiger partial charge >= 0.3 is 6.18 Å². The summed E-state index contributed by atoms with van der Waals surface area (Å²) in [5.41, 5.74) is -1.80. The van der Waals surface area contributed by atoms with Crippen LogP contribution in [0.4, 0.5) is 33.3 Å². The van der Waals surface area contributed by atoms with Gasteiger partial charge in [0.15, 0.2) is 0 Å². The van der Waals surface area contributed by atoms with Crippen molar-refractivity contribution in [2.45, 2.75) is 6.18 Å². The Bertz CT molecular complexity index is 751. The van der Waals surface area contributed by atoms with Gasteiger partial charge in [-0.3, -0.25) is 4.79 Å². The van der Waals surface area contributed by atoms with Crippen molar-refractivity contribution in [3.05, 3.63) is 59.2 Å². The molecule has 1 N–H and O–H groups in total. The summed E-state index contributed by atoms with van der Waals surface area (Å²) in [5.74, 6) is -3.38. The molecule has 8 heteroatoms. The molecule has 0 saturated heterocycles. The number of halogens is 5. The zero-order valence-electron chi connectivity index (χ0n) is 12.7. The molecule has 24 heavy (non-hydrogen) atoms. The molecule has 0 radical (unpaired) electrons. The van der Waals surface area contributed by atoms with Crippen LogP contribution in [-0.2, 0) is 6.18 Å². The number of carbonyl (C=O) groups is 1. The highest BCUT2D eigenvalue weighted by atomic mass is 19.4. The molecule has 0 aromatic heterocycles. The van der Waals surface area contributed by atoms with Gasteiger partial charge < -0.3 is 10.2 Å². The zero-order valence-corrected chi connectivity index (χ0v) is 12.7. The summed E-state index contributed by atoms with van der Waals surface area (Å²) in [5, 5.41) is 2.14. The molecule has 0 atom stereocenters. The lowest BCUT2D eigenvalue weighted by Crippen LogP contribution is -2.20. The van der Waals surface area contributed by atoms with E-state index in [-0.39, 0.29) is 11.4 Å². The highest BCUT2D eigenvalue weighted by Gasteiger charge is 2.31. The van der Waals surface area contributed by atoms with Gasteiger partial charge in [0.05, 0.1) is 16.9 Å². The molecule has 0 spiro atoms. The first kappa shape index (κ1) is 17.7. The fraction of sp³-hybridized carbons (Fsp3) is 0.188. The van der Waals surface area contributed by atoms with Crippen LogP contribution in [0.25, 0.3) is 0 Å². The van der Waals surface area contributed by atoms with E-state index in [2.05, 4.69) is 5.32 Å². The molecule has 2 rings (SSSR count). The number of hydrogen-bond donors (Lipinski definition) is 1. The minimum atomic E-state index is -4.62. The van der Waals surface area contributed by atoms with Crippen molar-refractivity contribution in [2.75, 3.05) is 24.3 Å². The topological polar surface area (TPSA) is 32.3 Å². The lowest BCUT2D eigenvalue weighted by molar-refractivity contribution is -0.137. The number of benzene rings is 2. The largest absolute Gasteiger partial charge is 0.416 e. The number of anilines is 2. The van der Waals surface area contributed by atoms with Crippen LogP contribution in [-0.4, -0.2) is 20.0 Å². The van der Waals surface area contributed by atoms with E-state index in [4.69, 9.17) is 0 Å². The van der Waals surface area contributed by atoms with Gasteiger partial charge in [-0.1, -0.05) is 6.07 Å². The van der Waals surface area contributed by atoms with Gasteiger partial charge in [-0.05, 0) is 30.3 Å². The number of alkyl halides is 3. The molecule has 0 fully saturated rings. The minimum Gasteiger partial charge on any atom is -0.376 e. The van der Waals surface area contributed by atoms with Gasteiger partial charge in [-0.25, -0.2) is 8.78 Å². The van der Waals surface area contributed by atoms with E-state index >= 15 is 0 Å². The second-order valence-corrected chi connectivity index (χ2v) is 5.17. The lowest BCUT2D eigenvalue weighted by atomic mass is 10.1. The van der Waals surface area contributed by atoms with Crippen molar-refractivity contribution in [2.24, 2.45) is 0 Å². The Labute approximate surface area is 134 Å². The second-order valence-electron chi connectivity index (χ2n) is 5.17. The third-order valence-electron chi connectivity index (χ3n) is 3.24. The molecule has 0 aliphatic carbocycles. The first-order valence-corrected chi connectivity index (χ1v) is 6.75. The van der Waals surface area contributed by atoms with Gasteiger partial charge in [0.2, 0.25) is 0 Å². The fourth-order valence-corrected chi connectivity index (χ4v) is 2.10. The first-order chi connectivity index (χ1) is 11.1. The monoisotopic (exact) mass is 344 g/mol.